The Morgan fingerprint density at radius 2 is 2.50 bits per heavy atom. The average Bonchev–Trinajstić information content (AvgIpc) is 2.84. The van der Waals surface area contributed by atoms with Gasteiger partial charge in [0.25, 0.3) is 0 Å². The van der Waals surface area contributed by atoms with Crippen LogP contribution in [0.3, 0.4) is 0 Å². The number of H-pyrrole nitrogens is 1. The van der Waals surface area contributed by atoms with Crippen LogP contribution in [0.1, 0.15) is 38.0 Å². The fourth-order valence-corrected chi connectivity index (χ4v) is 2.27. The molecule has 1 aliphatic heterocycles. The molecule has 2 rings (SSSR count). The maximum absolute atomic E-state index is 5.83. The van der Waals surface area contributed by atoms with Crippen LogP contribution in [0.4, 0.5) is 0 Å². The molecule has 1 aromatic heterocycles. The number of aromatic nitrogens is 1. The second-order valence-corrected chi connectivity index (χ2v) is 4.64. The predicted octanol–water partition coefficient (Wildman–Crippen LogP) is 2.48. The van der Waals surface area contributed by atoms with Crippen molar-refractivity contribution in [3.8, 4) is 0 Å². The summed E-state index contributed by atoms with van der Waals surface area (Å²) >= 11 is 0. The van der Waals surface area contributed by atoms with Gasteiger partial charge in [0.2, 0.25) is 0 Å². The zero-order valence-electron chi connectivity index (χ0n) is 10.0. The van der Waals surface area contributed by atoms with Gasteiger partial charge in [0, 0.05) is 18.5 Å². The quantitative estimate of drug-likeness (QED) is 0.803. The molecule has 90 valence electrons. The van der Waals surface area contributed by atoms with Gasteiger partial charge in [-0.05, 0) is 57.3 Å². The smallest absolute Gasteiger partial charge is 0.0944 e. The summed E-state index contributed by atoms with van der Waals surface area (Å²) < 4.78 is 5.83. The number of aromatic amines is 1. The van der Waals surface area contributed by atoms with Gasteiger partial charge in [-0.1, -0.05) is 0 Å². The van der Waals surface area contributed by atoms with Crippen LogP contribution in [0, 0.1) is 5.92 Å². The SMILES string of the molecule is C[C@@H](OCC[C@@H]1CCCNC1)c1ccc[nH]1. The Morgan fingerprint density at radius 3 is 3.19 bits per heavy atom. The molecule has 0 aromatic carbocycles. The van der Waals surface area contributed by atoms with Gasteiger partial charge >= 0.3 is 0 Å². The first-order chi connectivity index (χ1) is 7.86. The van der Waals surface area contributed by atoms with Crippen LogP contribution in [0.2, 0.25) is 0 Å². The van der Waals surface area contributed by atoms with E-state index in [0.29, 0.717) is 0 Å². The molecule has 1 aromatic rings. The molecule has 0 unspecified atom stereocenters. The minimum Gasteiger partial charge on any atom is -0.372 e. The summed E-state index contributed by atoms with van der Waals surface area (Å²) in [4.78, 5) is 3.19. The molecule has 1 saturated heterocycles. The number of hydrogen-bond donors (Lipinski definition) is 2. The average molecular weight is 222 g/mol. The second-order valence-electron chi connectivity index (χ2n) is 4.64. The standard InChI is InChI=1S/C13H22N2O/c1-11(13-5-3-8-15-13)16-9-6-12-4-2-7-14-10-12/h3,5,8,11-12,14-15H,2,4,6-7,9-10H2,1H3/t11-,12+/m1/s1. The molecular weight excluding hydrogens is 200 g/mol. The lowest BCUT2D eigenvalue weighted by Crippen LogP contribution is -2.30. The van der Waals surface area contributed by atoms with Crippen molar-refractivity contribution in [2.24, 2.45) is 5.92 Å². The Bertz CT molecular complexity index is 278. The van der Waals surface area contributed by atoms with Crippen molar-refractivity contribution in [3.63, 3.8) is 0 Å². The number of rotatable bonds is 5. The Kier molecular flexibility index (Phi) is 4.43. The Balaban J connectivity index is 1.63. The number of hydrogen-bond acceptors (Lipinski definition) is 2. The Morgan fingerprint density at radius 1 is 1.56 bits per heavy atom. The van der Waals surface area contributed by atoms with Crippen LogP contribution >= 0.6 is 0 Å². The molecule has 1 fully saturated rings. The molecule has 1 aliphatic rings. The van der Waals surface area contributed by atoms with Gasteiger partial charge in [-0.15, -0.1) is 0 Å². The Labute approximate surface area is 97.6 Å². The van der Waals surface area contributed by atoms with E-state index >= 15 is 0 Å². The third kappa shape index (κ3) is 3.35. The molecule has 0 bridgehead atoms. The minimum atomic E-state index is 0.187. The maximum atomic E-state index is 5.83. The summed E-state index contributed by atoms with van der Waals surface area (Å²) in [5.41, 5.74) is 1.17. The zero-order chi connectivity index (χ0) is 11.2. The van der Waals surface area contributed by atoms with Crippen molar-refractivity contribution in [2.45, 2.75) is 32.3 Å². The lowest BCUT2D eigenvalue weighted by molar-refractivity contribution is 0.0516. The van der Waals surface area contributed by atoms with E-state index in [1.807, 2.05) is 12.3 Å². The fraction of sp³-hybridized carbons (Fsp3) is 0.692. The van der Waals surface area contributed by atoms with Crippen molar-refractivity contribution >= 4 is 0 Å². The first-order valence-corrected chi connectivity index (χ1v) is 6.32. The van der Waals surface area contributed by atoms with Crippen LogP contribution in [0.5, 0.6) is 0 Å². The van der Waals surface area contributed by atoms with Crippen molar-refractivity contribution in [3.05, 3.63) is 24.0 Å². The second kappa shape index (κ2) is 6.06. The monoisotopic (exact) mass is 222 g/mol. The molecule has 0 radical (unpaired) electrons. The van der Waals surface area contributed by atoms with E-state index in [4.69, 9.17) is 4.74 Å². The summed E-state index contributed by atoms with van der Waals surface area (Å²) in [7, 11) is 0. The highest BCUT2D eigenvalue weighted by Crippen LogP contribution is 2.18. The maximum Gasteiger partial charge on any atom is 0.0944 e. The summed E-state index contributed by atoms with van der Waals surface area (Å²) in [5, 5.41) is 3.44. The number of ether oxygens (including phenoxy) is 1. The van der Waals surface area contributed by atoms with Crippen LogP contribution in [0.15, 0.2) is 18.3 Å². The molecule has 0 aliphatic carbocycles. The normalized spacial score (nSPS) is 23.2. The van der Waals surface area contributed by atoms with E-state index in [1.165, 1.54) is 38.0 Å². The molecule has 16 heavy (non-hydrogen) atoms. The van der Waals surface area contributed by atoms with E-state index < -0.39 is 0 Å². The molecule has 2 N–H and O–H groups in total. The minimum absolute atomic E-state index is 0.187. The zero-order valence-corrected chi connectivity index (χ0v) is 10.0. The van der Waals surface area contributed by atoms with E-state index in [9.17, 15) is 0 Å². The predicted molar refractivity (Wildman–Crippen MR) is 65.4 cm³/mol. The van der Waals surface area contributed by atoms with Gasteiger partial charge in [-0.2, -0.15) is 0 Å². The fourth-order valence-electron chi connectivity index (χ4n) is 2.27. The first-order valence-electron chi connectivity index (χ1n) is 6.32. The molecule has 3 heteroatoms. The molecule has 0 spiro atoms. The van der Waals surface area contributed by atoms with Gasteiger partial charge < -0.3 is 15.0 Å². The van der Waals surface area contributed by atoms with E-state index in [0.717, 1.165) is 12.5 Å². The van der Waals surface area contributed by atoms with Crippen molar-refractivity contribution < 1.29 is 4.74 Å². The summed E-state index contributed by atoms with van der Waals surface area (Å²) in [6.45, 7) is 5.33. The number of piperidine rings is 1. The highest BCUT2D eigenvalue weighted by atomic mass is 16.5. The Hall–Kier alpha value is -0.800. The van der Waals surface area contributed by atoms with Crippen LogP contribution < -0.4 is 5.32 Å². The highest BCUT2D eigenvalue weighted by Gasteiger charge is 2.13. The lowest BCUT2D eigenvalue weighted by atomic mass is 9.97. The van der Waals surface area contributed by atoms with Gasteiger partial charge in [0.1, 0.15) is 0 Å². The van der Waals surface area contributed by atoms with Gasteiger partial charge in [-0.25, -0.2) is 0 Å². The van der Waals surface area contributed by atoms with Gasteiger partial charge in [-0.3, -0.25) is 0 Å². The third-order valence-corrected chi connectivity index (χ3v) is 3.35. The first kappa shape index (κ1) is 11.7. The topological polar surface area (TPSA) is 37.0 Å². The van der Waals surface area contributed by atoms with Gasteiger partial charge in [0.05, 0.1) is 6.10 Å². The lowest BCUT2D eigenvalue weighted by Gasteiger charge is -2.23. The largest absolute Gasteiger partial charge is 0.372 e. The van der Waals surface area contributed by atoms with Crippen molar-refractivity contribution in [1.29, 1.82) is 0 Å². The summed E-state index contributed by atoms with van der Waals surface area (Å²) in [6.07, 6.45) is 5.98. The van der Waals surface area contributed by atoms with Crippen LogP contribution in [-0.4, -0.2) is 24.7 Å². The molecule has 0 amide bonds. The van der Waals surface area contributed by atoms with E-state index in [-0.39, 0.29) is 6.10 Å². The van der Waals surface area contributed by atoms with Crippen molar-refractivity contribution in [1.82, 2.24) is 10.3 Å². The van der Waals surface area contributed by atoms with Crippen LogP contribution in [-0.2, 0) is 4.74 Å². The number of nitrogens with one attached hydrogen (secondary N) is 2. The van der Waals surface area contributed by atoms with E-state index in [2.05, 4.69) is 23.3 Å². The summed E-state index contributed by atoms with van der Waals surface area (Å²) in [6, 6.07) is 4.09. The molecule has 2 heterocycles. The van der Waals surface area contributed by atoms with Crippen molar-refractivity contribution in [2.75, 3.05) is 19.7 Å². The molecule has 0 saturated carbocycles. The molecular formula is C13H22N2O. The molecule has 2 atom stereocenters. The van der Waals surface area contributed by atoms with E-state index in [1.54, 1.807) is 0 Å². The van der Waals surface area contributed by atoms with Gasteiger partial charge in [0.15, 0.2) is 0 Å². The highest BCUT2D eigenvalue weighted by molar-refractivity contribution is 5.06. The third-order valence-electron chi connectivity index (χ3n) is 3.35. The molecule has 3 nitrogen and oxygen atoms in total. The van der Waals surface area contributed by atoms with Crippen LogP contribution in [0.25, 0.3) is 0 Å². The summed E-state index contributed by atoms with van der Waals surface area (Å²) in [5.74, 6) is 0.810.